The quantitative estimate of drug-likeness (QED) is 0.594. The minimum atomic E-state index is -0.683. The van der Waals surface area contributed by atoms with Gasteiger partial charge in [0.2, 0.25) is 0 Å². The molecule has 0 aliphatic heterocycles. The van der Waals surface area contributed by atoms with Crippen molar-refractivity contribution >= 4 is 22.3 Å². The van der Waals surface area contributed by atoms with Crippen molar-refractivity contribution in [1.82, 2.24) is 0 Å². The van der Waals surface area contributed by atoms with Gasteiger partial charge in [0.25, 0.3) is 0 Å². The molecule has 3 rings (SSSR count). The molecule has 1 N–H and O–H groups in total. The maximum atomic E-state index is 12.4. The fraction of sp³-hybridized carbons (Fsp3) is 0.0526. The summed E-state index contributed by atoms with van der Waals surface area (Å²) in [7, 11) is 0. The van der Waals surface area contributed by atoms with Crippen LogP contribution in [-0.2, 0) is 4.79 Å². The third kappa shape index (κ3) is 2.79. The second-order valence-corrected chi connectivity index (χ2v) is 5.14. The van der Waals surface area contributed by atoms with Gasteiger partial charge < -0.3 is 9.52 Å². The zero-order valence-corrected chi connectivity index (χ0v) is 12.4. The van der Waals surface area contributed by atoms with Crippen LogP contribution in [0.15, 0.2) is 69.9 Å². The zero-order valence-electron chi connectivity index (χ0n) is 12.4. The molecule has 23 heavy (non-hydrogen) atoms. The van der Waals surface area contributed by atoms with Crippen LogP contribution in [0.3, 0.4) is 0 Å². The summed E-state index contributed by atoms with van der Waals surface area (Å²) >= 11 is 0. The molecule has 0 aliphatic carbocycles. The first kappa shape index (κ1) is 14.8. The van der Waals surface area contributed by atoms with E-state index in [0.29, 0.717) is 22.1 Å². The van der Waals surface area contributed by atoms with Crippen molar-refractivity contribution in [2.75, 3.05) is 0 Å². The van der Waals surface area contributed by atoms with E-state index in [-0.39, 0.29) is 17.1 Å². The van der Waals surface area contributed by atoms with Crippen LogP contribution < -0.4 is 5.63 Å². The molecule has 0 bridgehead atoms. The molecule has 0 saturated carbocycles. The molecular weight excluding hydrogens is 292 g/mol. The molecule has 4 heteroatoms. The number of aromatic hydroxyl groups is 1. The van der Waals surface area contributed by atoms with Gasteiger partial charge in [-0.05, 0) is 30.7 Å². The average molecular weight is 306 g/mol. The van der Waals surface area contributed by atoms with Crippen molar-refractivity contribution in [2.24, 2.45) is 0 Å². The Bertz CT molecular complexity index is 966. The van der Waals surface area contributed by atoms with Gasteiger partial charge in [0.1, 0.15) is 16.9 Å². The second-order valence-electron chi connectivity index (χ2n) is 5.14. The summed E-state index contributed by atoms with van der Waals surface area (Å²) in [6.07, 6.45) is 1.33. The number of carbonyl (C=O) groups excluding carboxylic acids is 1. The fourth-order valence-corrected chi connectivity index (χ4v) is 2.49. The van der Waals surface area contributed by atoms with E-state index in [9.17, 15) is 14.7 Å². The third-order valence-corrected chi connectivity index (χ3v) is 3.49. The van der Waals surface area contributed by atoms with E-state index in [0.717, 1.165) is 0 Å². The van der Waals surface area contributed by atoms with Crippen LogP contribution in [0.25, 0.3) is 16.5 Å². The van der Waals surface area contributed by atoms with Crippen molar-refractivity contribution in [3.8, 4) is 5.75 Å². The fourth-order valence-electron chi connectivity index (χ4n) is 2.49. The molecule has 4 nitrogen and oxygen atoms in total. The predicted molar refractivity (Wildman–Crippen MR) is 88.4 cm³/mol. The smallest absolute Gasteiger partial charge is 0.348 e. The highest BCUT2D eigenvalue weighted by atomic mass is 16.4. The lowest BCUT2D eigenvalue weighted by atomic mass is 9.96. The molecule has 0 fully saturated rings. The van der Waals surface area contributed by atoms with Gasteiger partial charge in [-0.3, -0.25) is 4.79 Å². The number of hydrogen-bond donors (Lipinski definition) is 1. The van der Waals surface area contributed by atoms with Crippen molar-refractivity contribution in [1.29, 1.82) is 0 Å². The summed E-state index contributed by atoms with van der Waals surface area (Å²) in [4.78, 5) is 24.0. The SMILES string of the molecule is CC(=O)C=C(c1ccccc1)c1c(O)c2ccccc2oc1=O. The third-order valence-electron chi connectivity index (χ3n) is 3.49. The monoisotopic (exact) mass is 306 g/mol. The second kappa shape index (κ2) is 5.93. The minimum absolute atomic E-state index is 0.00917. The standard InChI is InChI=1S/C19H14O4/c1-12(20)11-15(13-7-3-2-4-8-13)17-18(21)14-9-5-6-10-16(14)23-19(17)22/h2-11,21H,1H3. The summed E-state index contributed by atoms with van der Waals surface area (Å²) in [5, 5.41) is 11.0. The molecule has 0 saturated heterocycles. The van der Waals surface area contributed by atoms with Crippen molar-refractivity contribution in [3.63, 3.8) is 0 Å². The molecule has 0 spiro atoms. The number of rotatable bonds is 3. The average Bonchev–Trinajstić information content (AvgIpc) is 2.54. The number of para-hydroxylation sites is 1. The minimum Gasteiger partial charge on any atom is -0.506 e. The summed E-state index contributed by atoms with van der Waals surface area (Å²) in [5.41, 5.74) is 0.604. The predicted octanol–water partition coefficient (Wildman–Crippen LogP) is 3.52. The number of hydrogen-bond acceptors (Lipinski definition) is 4. The van der Waals surface area contributed by atoms with Gasteiger partial charge >= 0.3 is 5.63 Å². The first-order valence-corrected chi connectivity index (χ1v) is 7.11. The Morgan fingerprint density at radius 3 is 2.39 bits per heavy atom. The summed E-state index contributed by atoms with van der Waals surface area (Å²) in [5.74, 6) is -0.413. The highest BCUT2D eigenvalue weighted by Gasteiger charge is 2.19. The van der Waals surface area contributed by atoms with Gasteiger partial charge in [-0.2, -0.15) is 0 Å². The lowest BCUT2D eigenvalue weighted by molar-refractivity contribution is -0.112. The van der Waals surface area contributed by atoms with E-state index in [2.05, 4.69) is 0 Å². The highest BCUT2D eigenvalue weighted by molar-refractivity contribution is 6.01. The van der Waals surface area contributed by atoms with Gasteiger partial charge in [-0.15, -0.1) is 0 Å². The molecule has 0 atom stereocenters. The lowest BCUT2D eigenvalue weighted by Gasteiger charge is -2.10. The Morgan fingerprint density at radius 2 is 1.70 bits per heavy atom. The number of allylic oxidation sites excluding steroid dienone is 1. The Morgan fingerprint density at radius 1 is 1.04 bits per heavy atom. The maximum absolute atomic E-state index is 12.4. The van der Waals surface area contributed by atoms with Crippen LogP contribution in [0.1, 0.15) is 18.1 Å². The Labute approximate surface area is 132 Å². The van der Waals surface area contributed by atoms with Gasteiger partial charge in [0, 0.05) is 5.57 Å². The number of carbonyl (C=O) groups is 1. The van der Waals surface area contributed by atoms with Gasteiger partial charge in [0.15, 0.2) is 5.78 Å². The van der Waals surface area contributed by atoms with Crippen molar-refractivity contribution < 1.29 is 14.3 Å². The topological polar surface area (TPSA) is 67.5 Å². The van der Waals surface area contributed by atoms with Crippen LogP contribution in [0.2, 0.25) is 0 Å². The normalized spacial score (nSPS) is 11.6. The van der Waals surface area contributed by atoms with Crippen molar-refractivity contribution in [2.45, 2.75) is 6.92 Å². The molecule has 1 heterocycles. The molecule has 1 aromatic heterocycles. The van der Waals surface area contributed by atoms with Crippen LogP contribution >= 0.6 is 0 Å². The molecule has 0 amide bonds. The molecule has 2 aromatic carbocycles. The summed E-state index contributed by atoms with van der Waals surface area (Å²) < 4.78 is 5.29. The molecule has 0 radical (unpaired) electrons. The van der Waals surface area contributed by atoms with Gasteiger partial charge in [-0.25, -0.2) is 4.79 Å². The van der Waals surface area contributed by atoms with Crippen LogP contribution in [0.5, 0.6) is 5.75 Å². The van der Waals surface area contributed by atoms with E-state index < -0.39 is 5.63 Å². The van der Waals surface area contributed by atoms with E-state index in [1.807, 2.05) is 6.07 Å². The Kier molecular flexibility index (Phi) is 3.81. The molecular formula is C19H14O4. The number of ketones is 1. The Hall–Kier alpha value is -3.14. The number of benzene rings is 2. The first-order chi connectivity index (χ1) is 11.1. The van der Waals surface area contributed by atoms with Crippen LogP contribution in [0, 0.1) is 0 Å². The van der Waals surface area contributed by atoms with E-state index >= 15 is 0 Å². The van der Waals surface area contributed by atoms with E-state index in [4.69, 9.17) is 4.42 Å². The van der Waals surface area contributed by atoms with Gasteiger partial charge in [0.05, 0.1) is 5.39 Å². The lowest BCUT2D eigenvalue weighted by Crippen LogP contribution is -2.09. The van der Waals surface area contributed by atoms with Crippen molar-refractivity contribution in [3.05, 3.63) is 82.2 Å². The largest absolute Gasteiger partial charge is 0.506 e. The molecule has 114 valence electrons. The molecule has 3 aromatic rings. The highest BCUT2D eigenvalue weighted by Crippen LogP contribution is 2.33. The van der Waals surface area contributed by atoms with E-state index in [1.165, 1.54) is 13.0 Å². The zero-order chi connectivity index (χ0) is 16.4. The first-order valence-electron chi connectivity index (χ1n) is 7.11. The summed E-state index contributed by atoms with van der Waals surface area (Å²) in [6, 6.07) is 15.7. The molecule has 0 aliphatic rings. The van der Waals surface area contributed by atoms with E-state index in [1.54, 1.807) is 48.5 Å². The maximum Gasteiger partial charge on any atom is 0.348 e. The van der Waals surface area contributed by atoms with Gasteiger partial charge in [-0.1, -0.05) is 42.5 Å². The summed E-state index contributed by atoms with van der Waals surface area (Å²) in [6.45, 7) is 1.39. The number of fused-ring (bicyclic) bond motifs is 1. The van der Waals surface area contributed by atoms with Crippen LogP contribution in [0.4, 0.5) is 0 Å². The molecule has 0 unspecified atom stereocenters. The van der Waals surface area contributed by atoms with Crippen LogP contribution in [-0.4, -0.2) is 10.9 Å². The Balaban J connectivity index is 2.36.